The van der Waals surface area contributed by atoms with Crippen LogP contribution in [0.2, 0.25) is 0 Å². The summed E-state index contributed by atoms with van der Waals surface area (Å²) in [5.41, 5.74) is -0.651. The fourth-order valence-electron chi connectivity index (χ4n) is 4.32. The Labute approximate surface area is 166 Å². The molecule has 0 aromatic heterocycles. The van der Waals surface area contributed by atoms with Gasteiger partial charge in [-0.3, -0.25) is 9.59 Å². The van der Waals surface area contributed by atoms with E-state index in [-0.39, 0.29) is 36.5 Å². The lowest BCUT2D eigenvalue weighted by atomic mass is 9.98. The minimum atomic E-state index is -4.49. The lowest BCUT2D eigenvalue weighted by molar-refractivity contribution is -0.154. The third-order valence-electron chi connectivity index (χ3n) is 5.75. The third-order valence-corrected chi connectivity index (χ3v) is 5.75. The number of halogens is 3. The van der Waals surface area contributed by atoms with Gasteiger partial charge in [0.05, 0.1) is 30.7 Å². The zero-order valence-electron chi connectivity index (χ0n) is 15.9. The van der Waals surface area contributed by atoms with Crippen molar-refractivity contribution in [3.05, 3.63) is 29.8 Å². The number of benzene rings is 1. The van der Waals surface area contributed by atoms with Gasteiger partial charge < -0.3 is 19.3 Å². The smallest absolute Gasteiger partial charge is 0.348 e. The summed E-state index contributed by atoms with van der Waals surface area (Å²) in [4.78, 5) is 28.7. The van der Waals surface area contributed by atoms with E-state index in [1.807, 2.05) is 0 Å². The van der Waals surface area contributed by atoms with E-state index < -0.39 is 23.9 Å². The van der Waals surface area contributed by atoms with Crippen molar-refractivity contribution < 1.29 is 32.2 Å². The Morgan fingerprint density at radius 3 is 2.62 bits per heavy atom. The first-order chi connectivity index (χ1) is 13.8. The number of likely N-dealkylation sites (tertiary alicyclic amines) is 1. The van der Waals surface area contributed by atoms with Crippen LogP contribution in [0.15, 0.2) is 24.3 Å². The first kappa shape index (κ1) is 20.2. The second kappa shape index (κ2) is 7.95. The molecule has 0 aliphatic carbocycles. The summed E-state index contributed by atoms with van der Waals surface area (Å²) in [6.07, 6.45) is -2.34. The molecule has 2 atom stereocenters. The molecule has 0 N–H and O–H groups in total. The van der Waals surface area contributed by atoms with Gasteiger partial charge >= 0.3 is 6.18 Å². The van der Waals surface area contributed by atoms with Crippen LogP contribution < -0.4 is 4.90 Å². The van der Waals surface area contributed by atoms with Crippen LogP contribution >= 0.6 is 0 Å². The maximum absolute atomic E-state index is 13.2. The fraction of sp³-hybridized carbons (Fsp3) is 0.600. The van der Waals surface area contributed by atoms with Crippen LogP contribution in [-0.2, 0) is 25.2 Å². The zero-order valence-corrected chi connectivity index (χ0v) is 15.9. The molecule has 2 amide bonds. The monoisotopic (exact) mass is 412 g/mol. The molecule has 158 valence electrons. The quantitative estimate of drug-likeness (QED) is 0.766. The summed E-state index contributed by atoms with van der Waals surface area (Å²) in [7, 11) is 0. The van der Waals surface area contributed by atoms with Crippen molar-refractivity contribution in [1.29, 1.82) is 0 Å². The number of carbonyl (C=O) groups excluding carboxylic acids is 2. The second-order valence-corrected chi connectivity index (χ2v) is 7.66. The van der Waals surface area contributed by atoms with Gasteiger partial charge in [0.15, 0.2) is 6.29 Å². The molecule has 2 unspecified atom stereocenters. The first-order valence-electron chi connectivity index (χ1n) is 9.86. The second-order valence-electron chi connectivity index (χ2n) is 7.66. The minimum absolute atomic E-state index is 0.00925. The zero-order chi connectivity index (χ0) is 20.6. The predicted octanol–water partition coefficient (Wildman–Crippen LogP) is 2.81. The van der Waals surface area contributed by atoms with Crippen LogP contribution in [0.25, 0.3) is 0 Å². The molecule has 0 bridgehead atoms. The lowest BCUT2D eigenvalue weighted by Crippen LogP contribution is -2.52. The Balaban J connectivity index is 1.49. The van der Waals surface area contributed by atoms with Crippen LogP contribution in [-0.4, -0.2) is 55.3 Å². The highest BCUT2D eigenvalue weighted by Gasteiger charge is 2.43. The van der Waals surface area contributed by atoms with Crippen molar-refractivity contribution in [1.82, 2.24) is 4.90 Å². The number of nitrogens with zero attached hydrogens (tertiary/aromatic N) is 2. The predicted molar refractivity (Wildman–Crippen MR) is 96.9 cm³/mol. The van der Waals surface area contributed by atoms with Crippen LogP contribution in [0.1, 0.15) is 31.2 Å². The molecule has 0 radical (unpaired) electrons. The summed E-state index contributed by atoms with van der Waals surface area (Å²) in [6, 6.07) is 4.47. The lowest BCUT2D eigenvalue weighted by Gasteiger charge is -2.39. The number of hydrogen-bond acceptors (Lipinski definition) is 4. The highest BCUT2D eigenvalue weighted by molar-refractivity contribution is 6.00. The molecule has 3 aliphatic heterocycles. The van der Waals surface area contributed by atoms with Gasteiger partial charge in [-0.05, 0) is 37.5 Å². The molecule has 1 aromatic rings. The van der Waals surface area contributed by atoms with E-state index in [0.29, 0.717) is 19.8 Å². The first-order valence-corrected chi connectivity index (χ1v) is 9.86. The summed E-state index contributed by atoms with van der Waals surface area (Å²) < 4.78 is 50.2. The molecular formula is C20H23F3N2O4. The van der Waals surface area contributed by atoms with Gasteiger partial charge in [-0.2, -0.15) is 13.2 Å². The molecule has 29 heavy (non-hydrogen) atoms. The molecule has 0 saturated carbocycles. The summed E-state index contributed by atoms with van der Waals surface area (Å²) in [5, 5.41) is 0. The van der Waals surface area contributed by atoms with Gasteiger partial charge in [0.1, 0.15) is 0 Å². The number of ether oxygens (including phenoxy) is 2. The van der Waals surface area contributed by atoms with E-state index >= 15 is 0 Å². The number of amides is 2. The molecule has 0 spiro atoms. The van der Waals surface area contributed by atoms with E-state index in [1.165, 1.54) is 17.0 Å². The molecule has 6 nitrogen and oxygen atoms in total. The molecule has 3 fully saturated rings. The van der Waals surface area contributed by atoms with E-state index in [4.69, 9.17) is 9.47 Å². The van der Waals surface area contributed by atoms with Crippen LogP contribution in [0.5, 0.6) is 0 Å². The van der Waals surface area contributed by atoms with Gasteiger partial charge in [0.25, 0.3) is 0 Å². The minimum Gasteiger partial charge on any atom is -0.348 e. The topological polar surface area (TPSA) is 59.1 Å². The molecule has 3 saturated heterocycles. The summed E-state index contributed by atoms with van der Waals surface area (Å²) >= 11 is 0. The average Bonchev–Trinajstić information content (AvgIpc) is 3.37. The maximum atomic E-state index is 13.2. The largest absolute Gasteiger partial charge is 0.416 e. The van der Waals surface area contributed by atoms with Crippen molar-refractivity contribution >= 4 is 17.5 Å². The molecule has 3 heterocycles. The van der Waals surface area contributed by atoms with Gasteiger partial charge in [-0.15, -0.1) is 0 Å². The normalized spacial score (nSPS) is 26.4. The molecule has 9 heteroatoms. The maximum Gasteiger partial charge on any atom is 0.416 e. The van der Waals surface area contributed by atoms with Crippen LogP contribution in [0, 0.1) is 5.92 Å². The number of alkyl halides is 3. The Morgan fingerprint density at radius 2 is 1.90 bits per heavy atom. The van der Waals surface area contributed by atoms with Crippen molar-refractivity contribution in [2.24, 2.45) is 5.92 Å². The van der Waals surface area contributed by atoms with Gasteiger partial charge in [0.2, 0.25) is 11.8 Å². The van der Waals surface area contributed by atoms with Crippen LogP contribution in [0.4, 0.5) is 18.9 Å². The van der Waals surface area contributed by atoms with Crippen LogP contribution in [0.3, 0.4) is 0 Å². The number of carbonyl (C=O) groups is 2. The molecule has 1 aromatic carbocycles. The fourth-order valence-corrected chi connectivity index (χ4v) is 4.32. The Kier molecular flexibility index (Phi) is 5.52. The van der Waals surface area contributed by atoms with Crippen molar-refractivity contribution in [3.63, 3.8) is 0 Å². The SMILES string of the molecule is O=C1CC(C(=O)N2CCCCC2C2OCCO2)CN1c1cccc(C(F)(F)F)c1. The molecule has 3 aliphatic rings. The van der Waals surface area contributed by atoms with E-state index in [9.17, 15) is 22.8 Å². The summed E-state index contributed by atoms with van der Waals surface area (Å²) in [5.74, 6) is -1.08. The molecular weight excluding hydrogens is 389 g/mol. The number of anilines is 1. The van der Waals surface area contributed by atoms with Gasteiger partial charge in [0, 0.05) is 25.2 Å². The van der Waals surface area contributed by atoms with Gasteiger partial charge in [-0.1, -0.05) is 6.07 Å². The Bertz CT molecular complexity index is 779. The van der Waals surface area contributed by atoms with E-state index in [0.717, 1.165) is 31.4 Å². The molecule has 4 rings (SSSR count). The van der Waals surface area contributed by atoms with Gasteiger partial charge in [-0.25, -0.2) is 0 Å². The van der Waals surface area contributed by atoms with E-state index in [1.54, 1.807) is 4.90 Å². The Hall–Kier alpha value is -2.13. The number of rotatable bonds is 3. The number of piperidine rings is 1. The summed E-state index contributed by atoms with van der Waals surface area (Å²) in [6.45, 7) is 1.64. The highest BCUT2D eigenvalue weighted by atomic mass is 19.4. The standard InChI is InChI=1S/C20H23F3N2O4/c21-20(22,23)14-4-3-5-15(11-14)25-12-13(10-17(25)26)18(27)24-7-2-1-6-16(24)19-28-8-9-29-19/h3-5,11,13,16,19H,1-2,6-10,12H2. The van der Waals surface area contributed by atoms with Crippen molar-refractivity contribution in [3.8, 4) is 0 Å². The van der Waals surface area contributed by atoms with E-state index in [2.05, 4.69) is 0 Å². The number of hydrogen-bond donors (Lipinski definition) is 0. The third kappa shape index (κ3) is 4.11. The highest BCUT2D eigenvalue weighted by Crippen LogP contribution is 2.34. The van der Waals surface area contributed by atoms with Crippen molar-refractivity contribution in [2.45, 2.75) is 44.2 Å². The Morgan fingerprint density at radius 1 is 1.14 bits per heavy atom. The average molecular weight is 412 g/mol. The van der Waals surface area contributed by atoms with Crippen molar-refractivity contribution in [2.75, 3.05) is 31.2 Å².